The van der Waals surface area contributed by atoms with Crippen LogP contribution in [0.15, 0.2) is 18.2 Å². The van der Waals surface area contributed by atoms with E-state index in [-0.39, 0.29) is 11.4 Å². The zero-order valence-electron chi connectivity index (χ0n) is 13.4. The minimum atomic E-state index is -0.248. The van der Waals surface area contributed by atoms with Gasteiger partial charge >= 0.3 is 0 Å². The highest BCUT2D eigenvalue weighted by Gasteiger charge is 2.23. The third-order valence-electron chi connectivity index (χ3n) is 3.73. The number of benzene rings is 1. The van der Waals surface area contributed by atoms with Crippen LogP contribution >= 0.6 is 0 Å². The Morgan fingerprint density at radius 2 is 1.95 bits per heavy atom. The Hall–Kier alpha value is -1.75. The number of hydrogen-bond acceptors (Lipinski definition) is 4. The molecule has 21 heavy (non-hydrogen) atoms. The maximum Gasteiger partial charge on any atom is 0.224 e. The van der Waals surface area contributed by atoms with Crippen molar-refractivity contribution in [2.45, 2.75) is 38.6 Å². The number of rotatable bonds is 8. The Balaban J connectivity index is 2.74. The first kappa shape index (κ1) is 17.3. The predicted molar refractivity (Wildman–Crippen MR) is 83.8 cm³/mol. The molecule has 0 saturated carbocycles. The standard InChI is InChI=1S/C16H26N2O3/c1-5-16(2,8-9-17)18-15(19)11-12-6-7-13(20-3)14(10-12)21-4/h6-7,10H,5,8-9,11,17H2,1-4H3,(H,18,19). The molecule has 0 heterocycles. The number of nitrogens with one attached hydrogen (secondary N) is 1. The van der Waals surface area contributed by atoms with Crippen LogP contribution in [0, 0.1) is 0 Å². The SMILES string of the molecule is CCC(C)(CCN)NC(=O)Cc1ccc(OC)c(OC)c1. The van der Waals surface area contributed by atoms with Gasteiger partial charge < -0.3 is 20.5 Å². The molecule has 1 unspecified atom stereocenters. The summed E-state index contributed by atoms with van der Waals surface area (Å²) in [4.78, 5) is 12.2. The minimum Gasteiger partial charge on any atom is -0.493 e. The molecule has 0 spiro atoms. The van der Waals surface area contributed by atoms with Crippen LogP contribution in [0.3, 0.4) is 0 Å². The first-order chi connectivity index (χ1) is 9.97. The average Bonchev–Trinajstić information content (AvgIpc) is 2.47. The molecule has 0 aliphatic heterocycles. The third kappa shape index (κ3) is 4.93. The first-order valence-corrected chi connectivity index (χ1v) is 7.20. The monoisotopic (exact) mass is 294 g/mol. The van der Waals surface area contributed by atoms with E-state index in [9.17, 15) is 4.79 Å². The van der Waals surface area contributed by atoms with E-state index in [4.69, 9.17) is 15.2 Å². The lowest BCUT2D eigenvalue weighted by molar-refractivity contribution is -0.122. The third-order valence-corrected chi connectivity index (χ3v) is 3.73. The van der Waals surface area contributed by atoms with Crippen LogP contribution in [0.5, 0.6) is 11.5 Å². The van der Waals surface area contributed by atoms with Crippen molar-refractivity contribution in [3.8, 4) is 11.5 Å². The van der Waals surface area contributed by atoms with E-state index in [1.807, 2.05) is 26.0 Å². The molecule has 0 aliphatic carbocycles. The Morgan fingerprint density at radius 3 is 2.48 bits per heavy atom. The second kappa shape index (κ2) is 7.88. The Bertz CT molecular complexity index is 477. The van der Waals surface area contributed by atoms with E-state index in [1.54, 1.807) is 20.3 Å². The van der Waals surface area contributed by atoms with E-state index in [0.717, 1.165) is 18.4 Å². The molecular formula is C16H26N2O3. The summed E-state index contributed by atoms with van der Waals surface area (Å²) >= 11 is 0. The summed E-state index contributed by atoms with van der Waals surface area (Å²) in [6.07, 6.45) is 1.92. The summed E-state index contributed by atoms with van der Waals surface area (Å²) in [6, 6.07) is 5.50. The van der Waals surface area contributed by atoms with Crippen molar-refractivity contribution in [2.24, 2.45) is 5.73 Å². The molecule has 0 radical (unpaired) electrons. The second-order valence-corrected chi connectivity index (χ2v) is 5.37. The lowest BCUT2D eigenvalue weighted by Crippen LogP contribution is -2.47. The molecule has 1 aromatic rings. The van der Waals surface area contributed by atoms with Gasteiger partial charge in [0, 0.05) is 5.54 Å². The van der Waals surface area contributed by atoms with Crippen molar-refractivity contribution in [3.05, 3.63) is 23.8 Å². The number of carbonyl (C=O) groups is 1. The number of hydrogen-bond donors (Lipinski definition) is 2. The van der Waals surface area contributed by atoms with Gasteiger partial charge in [-0.25, -0.2) is 0 Å². The lowest BCUT2D eigenvalue weighted by atomic mass is 9.94. The van der Waals surface area contributed by atoms with E-state index in [1.165, 1.54) is 0 Å². The molecule has 0 bridgehead atoms. The highest BCUT2D eigenvalue weighted by molar-refractivity contribution is 5.79. The number of carbonyl (C=O) groups excluding carboxylic acids is 1. The fourth-order valence-electron chi connectivity index (χ4n) is 2.20. The van der Waals surface area contributed by atoms with E-state index in [0.29, 0.717) is 24.5 Å². The molecule has 5 heteroatoms. The fourth-order valence-corrected chi connectivity index (χ4v) is 2.20. The van der Waals surface area contributed by atoms with Gasteiger partial charge in [0.05, 0.1) is 20.6 Å². The highest BCUT2D eigenvalue weighted by atomic mass is 16.5. The van der Waals surface area contributed by atoms with E-state index < -0.39 is 0 Å². The van der Waals surface area contributed by atoms with Gasteiger partial charge in [-0.15, -0.1) is 0 Å². The molecule has 5 nitrogen and oxygen atoms in total. The molecule has 118 valence electrons. The van der Waals surface area contributed by atoms with Crippen molar-refractivity contribution in [2.75, 3.05) is 20.8 Å². The van der Waals surface area contributed by atoms with Gasteiger partial charge in [-0.3, -0.25) is 4.79 Å². The van der Waals surface area contributed by atoms with Crippen LogP contribution < -0.4 is 20.5 Å². The Labute approximate surface area is 126 Å². The largest absolute Gasteiger partial charge is 0.493 e. The van der Waals surface area contributed by atoms with Gasteiger partial charge in [0.25, 0.3) is 0 Å². The van der Waals surface area contributed by atoms with Gasteiger partial charge in [0.2, 0.25) is 5.91 Å². The average molecular weight is 294 g/mol. The van der Waals surface area contributed by atoms with Crippen LogP contribution in [0.1, 0.15) is 32.3 Å². The van der Waals surface area contributed by atoms with Gasteiger partial charge in [0.1, 0.15) is 0 Å². The second-order valence-electron chi connectivity index (χ2n) is 5.37. The van der Waals surface area contributed by atoms with Crippen LogP contribution in [0.4, 0.5) is 0 Å². The molecule has 0 fully saturated rings. The quantitative estimate of drug-likeness (QED) is 0.768. The number of amides is 1. The Kier molecular flexibility index (Phi) is 6.49. The molecule has 1 aromatic carbocycles. The van der Waals surface area contributed by atoms with Gasteiger partial charge in [-0.1, -0.05) is 13.0 Å². The van der Waals surface area contributed by atoms with Crippen molar-refractivity contribution in [1.82, 2.24) is 5.32 Å². The summed E-state index contributed by atoms with van der Waals surface area (Å²) in [6.45, 7) is 4.62. The predicted octanol–water partition coefficient (Wildman–Crippen LogP) is 1.88. The molecule has 1 rings (SSSR count). The molecule has 1 amide bonds. The van der Waals surface area contributed by atoms with Crippen molar-refractivity contribution >= 4 is 5.91 Å². The Morgan fingerprint density at radius 1 is 1.29 bits per heavy atom. The summed E-state index contributed by atoms with van der Waals surface area (Å²) in [5.41, 5.74) is 6.24. The van der Waals surface area contributed by atoms with Crippen LogP contribution in [0.2, 0.25) is 0 Å². The summed E-state index contributed by atoms with van der Waals surface area (Å²) < 4.78 is 10.4. The highest BCUT2D eigenvalue weighted by Crippen LogP contribution is 2.27. The zero-order chi connectivity index (χ0) is 15.9. The van der Waals surface area contributed by atoms with Crippen LogP contribution in [0.25, 0.3) is 0 Å². The number of methoxy groups -OCH3 is 2. The molecule has 0 saturated heterocycles. The minimum absolute atomic E-state index is 0.0139. The maximum absolute atomic E-state index is 12.2. The normalized spacial score (nSPS) is 13.4. The van der Waals surface area contributed by atoms with E-state index >= 15 is 0 Å². The van der Waals surface area contributed by atoms with Gasteiger partial charge in [0.15, 0.2) is 11.5 Å². The summed E-state index contributed by atoms with van der Waals surface area (Å²) in [7, 11) is 3.17. The fraction of sp³-hybridized carbons (Fsp3) is 0.562. The topological polar surface area (TPSA) is 73.6 Å². The van der Waals surface area contributed by atoms with Crippen LogP contribution in [-0.4, -0.2) is 32.2 Å². The maximum atomic E-state index is 12.2. The van der Waals surface area contributed by atoms with Gasteiger partial charge in [-0.05, 0) is 44.0 Å². The molecule has 1 atom stereocenters. The first-order valence-electron chi connectivity index (χ1n) is 7.20. The van der Waals surface area contributed by atoms with Gasteiger partial charge in [-0.2, -0.15) is 0 Å². The summed E-state index contributed by atoms with van der Waals surface area (Å²) in [5.74, 6) is 1.27. The molecule has 0 aliphatic rings. The smallest absolute Gasteiger partial charge is 0.224 e. The molecule has 0 aromatic heterocycles. The molecular weight excluding hydrogens is 268 g/mol. The van der Waals surface area contributed by atoms with Crippen molar-refractivity contribution < 1.29 is 14.3 Å². The lowest BCUT2D eigenvalue weighted by Gasteiger charge is -2.29. The van der Waals surface area contributed by atoms with Crippen LogP contribution in [-0.2, 0) is 11.2 Å². The summed E-state index contributed by atoms with van der Waals surface area (Å²) in [5, 5.41) is 3.07. The van der Waals surface area contributed by atoms with E-state index in [2.05, 4.69) is 5.32 Å². The van der Waals surface area contributed by atoms with Crippen molar-refractivity contribution in [1.29, 1.82) is 0 Å². The number of ether oxygens (including phenoxy) is 2. The number of nitrogens with two attached hydrogens (primary N) is 1. The van der Waals surface area contributed by atoms with Crippen molar-refractivity contribution in [3.63, 3.8) is 0 Å². The molecule has 3 N–H and O–H groups in total. The zero-order valence-corrected chi connectivity index (χ0v) is 13.4.